The number of hydrogen-bond acceptors (Lipinski definition) is 3. The molecule has 0 unspecified atom stereocenters. The normalized spacial score (nSPS) is 17.9. The molecule has 0 amide bonds. The summed E-state index contributed by atoms with van der Waals surface area (Å²) in [5.74, 6) is 0.743. The Kier molecular flexibility index (Phi) is 2.80. The molecule has 1 aromatic carbocycles. The van der Waals surface area contributed by atoms with Crippen LogP contribution in [0.5, 0.6) is 11.5 Å². The van der Waals surface area contributed by atoms with Gasteiger partial charge in [-0.15, -0.1) is 0 Å². The van der Waals surface area contributed by atoms with Gasteiger partial charge in [0.25, 0.3) is 0 Å². The second kappa shape index (κ2) is 3.98. The van der Waals surface area contributed by atoms with Crippen molar-refractivity contribution in [3.05, 3.63) is 23.3 Å². The molecule has 3 N–H and O–H groups in total. The van der Waals surface area contributed by atoms with Crippen molar-refractivity contribution >= 4 is 0 Å². The minimum Gasteiger partial charge on any atom is -0.504 e. The Morgan fingerprint density at radius 3 is 2.56 bits per heavy atom. The highest BCUT2D eigenvalue weighted by molar-refractivity contribution is 5.52. The number of rotatable bonds is 3. The van der Waals surface area contributed by atoms with Crippen LogP contribution in [0.1, 0.15) is 37.3 Å². The standard InChI is InChI=1S/C13H19NO2/c1-3-9-7-10(13(14)5-4-6-13)12(15)11(8-9)16-2/h7-8,15H,3-6,14H2,1-2H3. The van der Waals surface area contributed by atoms with Gasteiger partial charge in [-0.1, -0.05) is 6.92 Å². The van der Waals surface area contributed by atoms with Crippen LogP contribution in [0.15, 0.2) is 12.1 Å². The maximum Gasteiger partial charge on any atom is 0.162 e. The predicted molar refractivity (Wildman–Crippen MR) is 63.8 cm³/mol. The lowest BCUT2D eigenvalue weighted by molar-refractivity contribution is 0.242. The SMILES string of the molecule is CCc1cc(OC)c(O)c(C2(N)CCC2)c1. The third-order valence-corrected chi connectivity index (χ3v) is 3.55. The summed E-state index contributed by atoms with van der Waals surface area (Å²) >= 11 is 0. The van der Waals surface area contributed by atoms with Crippen molar-refractivity contribution in [1.82, 2.24) is 0 Å². The molecule has 1 fully saturated rings. The first-order valence-electron chi connectivity index (χ1n) is 5.80. The molecule has 0 spiro atoms. The lowest BCUT2D eigenvalue weighted by atomic mass is 9.72. The summed E-state index contributed by atoms with van der Waals surface area (Å²) in [6, 6.07) is 3.89. The second-order valence-electron chi connectivity index (χ2n) is 4.56. The van der Waals surface area contributed by atoms with E-state index in [1.807, 2.05) is 12.1 Å². The van der Waals surface area contributed by atoms with Crippen LogP contribution in [-0.4, -0.2) is 12.2 Å². The quantitative estimate of drug-likeness (QED) is 0.823. The fourth-order valence-corrected chi connectivity index (χ4v) is 2.23. The minimum atomic E-state index is -0.345. The van der Waals surface area contributed by atoms with Crippen LogP contribution in [-0.2, 0) is 12.0 Å². The van der Waals surface area contributed by atoms with Gasteiger partial charge in [0, 0.05) is 11.1 Å². The fourth-order valence-electron chi connectivity index (χ4n) is 2.23. The summed E-state index contributed by atoms with van der Waals surface area (Å²) in [7, 11) is 1.57. The van der Waals surface area contributed by atoms with Gasteiger partial charge >= 0.3 is 0 Å². The van der Waals surface area contributed by atoms with E-state index >= 15 is 0 Å². The second-order valence-corrected chi connectivity index (χ2v) is 4.56. The van der Waals surface area contributed by atoms with Gasteiger partial charge in [0.1, 0.15) is 0 Å². The van der Waals surface area contributed by atoms with Gasteiger partial charge in [0.2, 0.25) is 0 Å². The predicted octanol–water partition coefficient (Wildman–Crippen LogP) is 2.30. The molecule has 0 aliphatic heterocycles. The minimum absolute atomic E-state index is 0.210. The molecule has 1 aliphatic carbocycles. The first-order valence-corrected chi connectivity index (χ1v) is 5.80. The summed E-state index contributed by atoms with van der Waals surface area (Å²) in [6.45, 7) is 2.08. The molecule has 0 heterocycles. The zero-order valence-corrected chi connectivity index (χ0v) is 9.92. The zero-order chi connectivity index (χ0) is 11.8. The zero-order valence-electron chi connectivity index (χ0n) is 9.92. The number of phenols is 1. The first-order chi connectivity index (χ1) is 7.60. The van der Waals surface area contributed by atoms with Crippen molar-refractivity contribution in [2.24, 2.45) is 5.73 Å². The van der Waals surface area contributed by atoms with E-state index in [1.54, 1.807) is 7.11 Å². The third-order valence-electron chi connectivity index (χ3n) is 3.55. The maximum atomic E-state index is 10.1. The lowest BCUT2D eigenvalue weighted by Crippen LogP contribution is -2.43. The van der Waals surface area contributed by atoms with Gasteiger partial charge in [0.15, 0.2) is 11.5 Å². The summed E-state index contributed by atoms with van der Waals surface area (Å²) in [5.41, 5.74) is 7.91. The van der Waals surface area contributed by atoms with E-state index in [-0.39, 0.29) is 11.3 Å². The molecule has 1 aliphatic rings. The van der Waals surface area contributed by atoms with E-state index in [9.17, 15) is 5.11 Å². The van der Waals surface area contributed by atoms with Gasteiger partial charge < -0.3 is 15.6 Å². The van der Waals surface area contributed by atoms with Crippen LogP contribution in [0.25, 0.3) is 0 Å². The van der Waals surface area contributed by atoms with E-state index in [0.717, 1.165) is 36.8 Å². The van der Waals surface area contributed by atoms with Crippen LogP contribution in [0, 0.1) is 0 Å². The first kappa shape index (κ1) is 11.3. The Bertz CT molecular complexity index is 397. The van der Waals surface area contributed by atoms with Crippen LogP contribution in [0.2, 0.25) is 0 Å². The van der Waals surface area contributed by atoms with Crippen molar-refractivity contribution in [2.45, 2.75) is 38.1 Å². The molecular weight excluding hydrogens is 202 g/mol. The summed E-state index contributed by atoms with van der Waals surface area (Å²) in [6.07, 6.45) is 3.93. The van der Waals surface area contributed by atoms with Crippen molar-refractivity contribution in [3.63, 3.8) is 0 Å². The molecule has 0 aromatic heterocycles. The van der Waals surface area contributed by atoms with Crippen LogP contribution in [0.4, 0.5) is 0 Å². The maximum absolute atomic E-state index is 10.1. The van der Waals surface area contributed by atoms with Gasteiger partial charge in [-0.25, -0.2) is 0 Å². The fraction of sp³-hybridized carbons (Fsp3) is 0.538. The molecule has 3 nitrogen and oxygen atoms in total. The number of benzene rings is 1. The topological polar surface area (TPSA) is 55.5 Å². The van der Waals surface area contributed by atoms with Gasteiger partial charge in [0.05, 0.1) is 7.11 Å². The van der Waals surface area contributed by atoms with Crippen molar-refractivity contribution in [1.29, 1.82) is 0 Å². The number of methoxy groups -OCH3 is 1. The molecule has 0 bridgehead atoms. The van der Waals surface area contributed by atoms with Gasteiger partial charge in [-0.05, 0) is 43.4 Å². The largest absolute Gasteiger partial charge is 0.504 e. The number of hydrogen-bond donors (Lipinski definition) is 2. The molecule has 88 valence electrons. The number of aromatic hydroxyl groups is 1. The van der Waals surface area contributed by atoms with E-state index in [4.69, 9.17) is 10.5 Å². The summed E-state index contributed by atoms with van der Waals surface area (Å²) in [4.78, 5) is 0. The molecule has 1 aromatic rings. The number of ether oxygens (including phenoxy) is 1. The van der Waals surface area contributed by atoms with Crippen LogP contribution in [0.3, 0.4) is 0 Å². The molecular formula is C13H19NO2. The third kappa shape index (κ3) is 1.65. The average Bonchev–Trinajstić information content (AvgIpc) is 2.26. The molecule has 0 atom stereocenters. The molecule has 2 rings (SSSR count). The molecule has 0 radical (unpaired) electrons. The molecule has 16 heavy (non-hydrogen) atoms. The highest BCUT2D eigenvalue weighted by atomic mass is 16.5. The highest BCUT2D eigenvalue weighted by Crippen LogP contribution is 2.46. The Hall–Kier alpha value is -1.22. The van der Waals surface area contributed by atoms with Crippen molar-refractivity contribution in [3.8, 4) is 11.5 Å². The van der Waals surface area contributed by atoms with Crippen LogP contribution < -0.4 is 10.5 Å². The van der Waals surface area contributed by atoms with Crippen molar-refractivity contribution < 1.29 is 9.84 Å². The van der Waals surface area contributed by atoms with Gasteiger partial charge in [-0.2, -0.15) is 0 Å². The lowest BCUT2D eigenvalue weighted by Gasteiger charge is -2.39. The Morgan fingerprint density at radius 2 is 2.12 bits per heavy atom. The summed E-state index contributed by atoms with van der Waals surface area (Å²) in [5, 5.41) is 10.1. The van der Waals surface area contributed by atoms with E-state index in [2.05, 4.69) is 6.92 Å². The monoisotopic (exact) mass is 221 g/mol. The molecule has 0 saturated heterocycles. The summed E-state index contributed by atoms with van der Waals surface area (Å²) < 4.78 is 5.19. The number of aryl methyl sites for hydroxylation is 1. The van der Waals surface area contributed by atoms with Crippen molar-refractivity contribution in [2.75, 3.05) is 7.11 Å². The van der Waals surface area contributed by atoms with E-state index in [0.29, 0.717) is 5.75 Å². The highest BCUT2D eigenvalue weighted by Gasteiger charge is 2.37. The Morgan fingerprint density at radius 1 is 1.44 bits per heavy atom. The van der Waals surface area contributed by atoms with Gasteiger partial charge in [-0.3, -0.25) is 0 Å². The van der Waals surface area contributed by atoms with Crippen LogP contribution >= 0.6 is 0 Å². The molecule has 3 heteroatoms. The van der Waals surface area contributed by atoms with E-state index in [1.165, 1.54) is 0 Å². The number of phenolic OH excluding ortho intramolecular Hbond substituents is 1. The average molecular weight is 221 g/mol. The number of nitrogens with two attached hydrogens (primary N) is 1. The Labute approximate surface area is 96.2 Å². The Balaban J connectivity index is 2.50. The van der Waals surface area contributed by atoms with E-state index < -0.39 is 0 Å². The molecule has 1 saturated carbocycles. The smallest absolute Gasteiger partial charge is 0.162 e.